The van der Waals surface area contributed by atoms with Crippen molar-refractivity contribution in [1.29, 1.82) is 0 Å². The third-order valence-electron chi connectivity index (χ3n) is 10.0. The Bertz CT molecular complexity index is 2880. The maximum atomic E-state index is 2.47. The van der Waals surface area contributed by atoms with Crippen LogP contribution in [0.5, 0.6) is 0 Å². The minimum atomic E-state index is 1.14. The molecule has 1 aromatic heterocycles. The van der Waals surface area contributed by atoms with E-state index in [4.69, 9.17) is 0 Å². The summed E-state index contributed by atoms with van der Waals surface area (Å²) < 4.78 is 2.60. The van der Waals surface area contributed by atoms with Crippen LogP contribution in [0, 0.1) is 0 Å². The van der Waals surface area contributed by atoms with E-state index < -0.39 is 0 Å². The van der Waals surface area contributed by atoms with Crippen molar-refractivity contribution in [1.82, 2.24) is 0 Å². The van der Waals surface area contributed by atoms with Crippen LogP contribution in [0.3, 0.4) is 0 Å². The molecule has 2 heteroatoms. The van der Waals surface area contributed by atoms with Crippen LogP contribution in [0.2, 0.25) is 0 Å². The van der Waals surface area contributed by atoms with Gasteiger partial charge in [-0.25, -0.2) is 0 Å². The van der Waals surface area contributed by atoms with Crippen LogP contribution in [0.4, 0.5) is 17.1 Å². The monoisotopic (exact) mass is 653 g/mol. The molecular formula is C48H31NS. The predicted molar refractivity (Wildman–Crippen MR) is 217 cm³/mol. The number of rotatable bonds is 5. The van der Waals surface area contributed by atoms with Gasteiger partial charge >= 0.3 is 0 Å². The summed E-state index contributed by atoms with van der Waals surface area (Å²) >= 11 is 1.91. The average molecular weight is 654 g/mol. The van der Waals surface area contributed by atoms with Crippen LogP contribution in [0.25, 0.3) is 74.7 Å². The molecule has 0 saturated carbocycles. The third kappa shape index (κ3) is 4.61. The largest absolute Gasteiger partial charge is 0.308 e. The zero-order valence-corrected chi connectivity index (χ0v) is 28.1. The zero-order valence-electron chi connectivity index (χ0n) is 27.3. The Hall–Kier alpha value is -6.22. The fraction of sp³-hybridized carbons (Fsp3) is 0. The van der Waals surface area contributed by atoms with Crippen LogP contribution in [-0.2, 0) is 0 Å². The highest BCUT2D eigenvalue weighted by Gasteiger charge is 2.22. The third-order valence-corrected chi connectivity index (χ3v) is 11.3. The number of benzene rings is 9. The van der Waals surface area contributed by atoms with E-state index in [-0.39, 0.29) is 0 Å². The number of hydrogen-bond donors (Lipinski definition) is 0. The van der Waals surface area contributed by atoms with Gasteiger partial charge in [-0.05, 0) is 74.0 Å². The fourth-order valence-corrected chi connectivity index (χ4v) is 9.04. The Morgan fingerprint density at radius 2 is 0.920 bits per heavy atom. The zero-order chi connectivity index (χ0) is 33.0. The van der Waals surface area contributed by atoms with Gasteiger partial charge in [-0.2, -0.15) is 0 Å². The number of anilines is 3. The van der Waals surface area contributed by atoms with Crippen LogP contribution >= 0.6 is 11.3 Å². The molecule has 10 rings (SSSR count). The summed E-state index contributed by atoms with van der Waals surface area (Å²) in [4.78, 5) is 2.47. The SMILES string of the molecule is c1ccc(-c2ccccc2N(c2ccc3ccccc3c2)c2cccc3c2sc2c4ccccc4c(-c4cccc5ccccc45)cc32)cc1. The molecule has 0 spiro atoms. The molecule has 1 nitrogen and oxygen atoms in total. The molecule has 0 aliphatic carbocycles. The first-order valence-electron chi connectivity index (χ1n) is 17.1. The molecule has 9 aromatic carbocycles. The molecule has 0 aliphatic heterocycles. The van der Waals surface area contributed by atoms with E-state index in [1.807, 2.05) is 11.3 Å². The number of thiophene rings is 1. The highest BCUT2D eigenvalue weighted by molar-refractivity contribution is 7.27. The van der Waals surface area contributed by atoms with Gasteiger partial charge in [-0.3, -0.25) is 0 Å². The first kappa shape index (κ1) is 28.8. The van der Waals surface area contributed by atoms with E-state index in [1.165, 1.54) is 80.4 Å². The molecule has 1 heterocycles. The molecule has 0 amide bonds. The molecular weight excluding hydrogens is 623 g/mol. The van der Waals surface area contributed by atoms with Gasteiger partial charge in [-0.1, -0.05) is 158 Å². The van der Waals surface area contributed by atoms with Crippen molar-refractivity contribution < 1.29 is 0 Å². The Balaban J connectivity index is 1.28. The highest BCUT2D eigenvalue weighted by Crippen LogP contribution is 2.50. The number of para-hydroxylation sites is 1. The molecule has 0 atom stereocenters. The molecule has 0 bridgehead atoms. The lowest BCUT2D eigenvalue weighted by Gasteiger charge is -2.28. The minimum absolute atomic E-state index is 1.14. The van der Waals surface area contributed by atoms with E-state index >= 15 is 0 Å². The Morgan fingerprint density at radius 1 is 0.320 bits per heavy atom. The Labute approximate surface area is 294 Å². The van der Waals surface area contributed by atoms with Crippen molar-refractivity contribution in [3.63, 3.8) is 0 Å². The van der Waals surface area contributed by atoms with E-state index in [2.05, 4.69) is 193 Å². The van der Waals surface area contributed by atoms with Crippen LogP contribution in [0.1, 0.15) is 0 Å². The average Bonchev–Trinajstić information content (AvgIpc) is 3.58. The van der Waals surface area contributed by atoms with E-state index in [1.54, 1.807) is 0 Å². The van der Waals surface area contributed by atoms with Crippen molar-refractivity contribution in [2.24, 2.45) is 0 Å². The van der Waals surface area contributed by atoms with Gasteiger partial charge in [0.2, 0.25) is 0 Å². The van der Waals surface area contributed by atoms with Gasteiger partial charge in [0, 0.05) is 32.1 Å². The summed E-state index contributed by atoms with van der Waals surface area (Å²) in [5, 5.41) is 10.1. The van der Waals surface area contributed by atoms with E-state index in [9.17, 15) is 0 Å². The summed E-state index contributed by atoms with van der Waals surface area (Å²) in [6, 6.07) is 68.6. The summed E-state index contributed by atoms with van der Waals surface area (Å²) in [5.41, 5.74) is 8.41. The maximum Gasteiger partial charge on any atom is 0.0640 e. The molecule has 0 N–H and O–H groups in total. The molecule has 50 heavy (non-hydrogen) atoms. The molecule has 0 saturated heterocycles. The normalized spacial score (nSPS) is 11.6. The molecule has 234 valence electrons. The summed E-state index contributed by atoms with van der Waals surface area (Å²) in [7, 11) is 0. The lowest BCUT2D eigenvalue weighted by atomic mass is 9.92. The molecule has 10 aromatic rings. The highest BCUT2D eigenvalue weighted by atomic mass is 32.1. The molecule has 0 unspecified atom stereocenters. The number of fused-ring (bicyclic) bond motifs is 7. The van der Waals surface area contributed by atoms with Crippen molar-refractivity contribution in [3.05, 3.63) is 188 Å². The number of hydrogen-bond acceptors (Lipinski definition) is 2. The van der Waals surface area contributed by atoms with Gasteiger partial charge in [-0.15, -0.1) is 11.3 Å². The summed E-state index contributed by atoms with van der Waals surface area (Å²) in [5.74, 6) is 0. The van der Waals surface area contributed by atoms with Gasteiger partial charge < -0.3 is 4.90 Å². The van der Waals surface area contributed by atoms with Gasteiger partial charge in [0.25, 0.3) is 0 Å². The Kier molecular flexibility index (Phi) is 6.75. The first-order chi connectivity index (χ1) is 24.8. The standard InChI is InChI=1S/C48H31NS/c1-2-15-34(16-3-1)38-21-10-11-26-45(38)49(36-29-28-32-14-4-5-18-35(32)30-36)46-27-13-25-42-44-31-43(39-24-12-19-33-17-6-7-20-37(33)39)40-22-8-9-23-41(40)47(44)50-48(42)46/h1-31H. The van der Waals surface area contributed by atoms with Gasteiger partial charge in [0.05, 0.1) is 16.1 Å². The predicted octanol–water partition coefficient (Wildman–Crippen LogP) is 14.3. The first-order valence-corrected chi connectivity index (χ1v) is 17.9. The van der Waals surface area contributed by atoms with E-state index in [0.717, 1.165) is 11.4 Å². The maximum absolute atomic E-state index is 2.47. The summed E-state index contributed by atoms with van der Waals surface area (Å²) in [6.45, 7) is 0. The van der Waals surface area contributed by atoms with Crippen molar-refractivity contribution in [3.8, 4) is 22.3 Å². The van der Waals surface area contributed by atoms with Crippen LogP contribution in [-0.4, -0.2) is 0 Å². The summed E-state index contributed by atoms with van der Waals surface area (Å²) in [6.07, 6.45) is 0. The van der Waals surface area contributed by atoms with Gasteiger partial charge in [0.1, 0.15) is 0 Å². The van der Waals surface area contributed by atoms with Crippen molar-refractivity contribution >= 4 is 80.9 Å². The van der Waals surface area contributed by atoms with Gasteiger partial charge in [0.15, 0.2) is 0 Å². The van der Waals surface area contributed by atoms with Crippen LogP contribution < -0.4 is 4.90 Å². The lowest BCUT2D eigenvalue weighted by molar-refractivity contribution is 1.31. The Morgan fingerprint density at radius 3 is 1.80 bits per heavy atom. The molecule has 0 fully saturated rings. The van der Waals surface area contributed by atoms with Crippen LogP contribution in [0.15, 0.2) is 188 Å². The number of nitrogens with zero attached hydrogens (tertiary/aromatic N) is 1. The second-order valence-corrected chi connectivity index (χ2v) is 13.9. The molecule has 0 radical (unpaired) electrons. The quantitative estimate of drug-likeness (QED) is 0.179. The minimum Gasteiger partial charge on any atom is -0.308 e. The fourth-order valence-electron chi connectivity index (χ4n) is 7.72. The second-order valence-electron chi connectivity index (χ2n) is 12.9. The van der Waals surface area contributed by atoms with E-state index in [0.29, 0.717) is 0 Å². The smallest absolute Gasteiger partial charge is 0.0640 e. The van der Waals surface area contributed by atoms with Crippen molar-refractivity contribution in [2.75, 3.05) is 4.90 Å². The lowest BCUT2D eigenvalue weighted by Crippen LogP contribution is -2.11. The molecule has 0 aliphatic rings. The van der Waals surface area contributed by atoms with Crippen molar-refractivity contribution in [2.45, 2.75) is 0 Å². The second kappa shape index (κ2) is 11.7. The topological polar surface area (TPSA) is 3.24 Å².